The molecule has 1 saturated heterocycles. The Bertz CT molecular complexity index is 350. The van der Waals surface area contributed by atoms with Gasteiger partial charge in [-0.15, -0.1) is 0 Å². The largest absolute Gasteiger partial charge is 0.330 e. The van der Waals surface area contributed by atoms with Crippen LogP contribution in [0.25, 0.3) is 0 Å². The van der Waals surface area contributed by atoms with Crippen molar-refractivity contribution >= 4 is 0 Å². The molecule has 1 heterocycles. The summed E-state index contributed by atoms with van der Waals surface area (Å²) in [5.41, 5.74) is 7.08. The van der Waals surface area contributed by atoms with E-state index in [4.69, 9.17) is 5.73 Å². The molecule has 94 valence electrons. The highest BCUT2D eigenvalue weighted by Gasteiger charge is 2.27. The molecule has 1 aliphatic heterocycles. The van der Waals surface area contributed by atoms with Crippen molar-refractivity contribution in [3.63, 3.8) is 0 Å². The van der Waals surface area contributed by atoms with Crippen molar-refractivity contribution in [2.24, 2.45) is 11.7 Å². The van der Waals surface area contributed by atoms with Crippen LogP contribution in [0.1, 0.15) is 30.9 Å². The van der Waals surface area contributed by atoms with Gasteiger partial charge in [0.2, 0.25) is 0 Å². The van der Waals surface area contributed by atoms with E-state index < -0.39 is 0 Å². The summed E-state index contributed by atoms with van der Waals surface area (Å²) in [7, 11) is 2.14. The summed E-state index contributed by atoms with van der Waals surface area (Å²) in [6.45, 7) is 1.80. The number of hydrogen-bond donors (Lipinski definition) is 1. The molecule has 0 radical (unpaired) electrons. The average molecular weight is 236 g/mol. The highest BCUT2D eigenvalue weighted by atomic mass is 19.1. The molecule has 0 bridgehead atoms. The second-order valence-corrected chi connectivity index (χ2v) is 4.97. The maximum absolute atomic E-state index is 13.0. The van der Waals surface area contributed by atoms with Crippen molar-refractivity contribution < 1.29 is 4.39 Å². The van der Waals surface area contributed by atoms with Crippen LogP contribution < -0.4 is 5.73 Å². The SMILES string of the molecule is CN1CCCCC(CN)C1c1ccc(F)cc1. The van der Waals surface area contributed by atoms with Gasteiger partial charge in [0.1, 0.15) is 5.82 Å². The molecule has 2 rings (SSSR count). The van der Waals surface area contributed by atoms with Gasteiger partial charge in [-0.3, -0.25) is 4.90 Å². The Labute approximate surface area is 103 Å². The third-order valence-electron chi connectivity index (χ3n) is 3.77. The maximum atomic E-state index is 13.0. The number of rotatable bonds is 2. The first-order valence-electron chi connectivity index (χ1n) is 6.38. The van der Waals surface area contributed by atoms with E-state index in [9.17, 15) is 4.39 Å². The third kappa shape index (κ3) is 2.85. The average Bonchev–Trinajstić information content (AvgIpc) is 2.52. The first-order valence-corrected chi connectivity index (χ1v) is 6.38. The molecule has 1 fully saturated rings. The highest BCUT2D eigenvalue weighted by molar-refractivity contribution is 5.21. The zero-order valence-electron chi connectivity index (χ0n) is 10.4. The predicted molar refractivity (Wildman–Crippen MR) is 68.2 cm³/mol. The minimum Gasteiger partial charge on any atom is -0.330 e. The molecule has 17 heavy (non-hydrogen) atoms. The first-order chi connectivity index (χ1) is 8.22. The van der Waals surface area contributed by atoms with Gasteiger partial charge in [0.05, 0.1) is 0 Å². The lowest BCUT2D eigenvalue weighted by atomic mass is 9.89. The third-order valence-corrected chi connectivity index (χ3v) is 3.77. The molecular formula is C14H21FN2. The zero-order valence-corrected chi connectivity index (χ0v) is 10.4. The number of likely N-dealkylation sites (tertiary alicyclic amines) is 1. The molecule has 3 heteroatoms. The lowest BCUT2D eigenvalue weighted by molar-refractivity contribution is 0.196. The lowest BCUT2D eigenvalue weighted by Crippen LogP contribution is -2.32. The van der Waals surface area contributed by atoms with E-state index in [0.29, 0.717) is 18.5 Å². The monoisotopic (exact) mass is 236 g/mol. The minimum absolute atomic E-state index is 0.172. The fourth-order valence-electron chi connectivity index (χ4n) is 2.86. The van der Waals surface area contributed by atoms with Gasteiger partial charge >= 0.3 is 0 Å². The van der Waals surface area contributed by atoms with Gasteiger partial charge in [-0.1, -0.05) is 18.6 Å². The molecule has 0 aliphatic carbocycles. The molecule has 2 atom stereocenters. The summed E-state index contributed by atoms with van der Waals surface area (Å²) in [6.07, 6.45) is 3.64. The molecule has 0 spiro atoms. The van der Waals surface area contributed by atoms with Crippen LogP contribution in [0.15, 0.2) is 24.3 Å². The van der Waals surface area contributed by atoms with Crippen LogP contribution in [0.3, 0.4) is 0 Å². The first kappa shape index (κ1) is 12.5. The summed E-state index contributed by atoms with van der Waals surface area (Å²) in [5.74, 6) is 0.308. The topological polar surface area (TPSA) is 29.3 Å². The van der Waals surface area contributed by atoms with Crippen LogP contribution in [0.5, 0.6) is 0 Å². The second kappa shape index (κ2) is 5.61. The Morgan fingerprint density at radius 1 is 1.29 bits per heavy atom. The van der Waals surface area contributed by atoms with Crippen LogP contribution in [0.2, 0.25) is 0 Å². The van der Waals surface area contributed by atoms with E-state index >= 15 is 0 Å². The number of benzene rings is 1. The molecule has 0 saturated carbocycles. The fourth-order valence-corrected chi connectivity index (χ4v) is 2.86. The Morgan fingerprint density at radius 2 is 2.00 bits per heavy atom. The summed E-state index contributed by atoms with van der Waals surface area (Å²) in [5, 5.41) is 0. The summed E-state index contributed by atoms with van der Waals surface area (Å²) >= 11 is 0. The molecule has 2 nitrogen and oxygen atoms in total. The minimum atomic E-state index is -0.172. The van der Waals surface area contributed by atoms with Crippen molar-refractivity contribution in [2.75, 3.05) is 20.1 Å². The summed E-state index contributed by atoms with van der Waals surface area (Å²) in [4.78, 5) is 2.36. The summed E-state index contributed by atoms with van der Waals surface area (Å²) < 4.78 is 13.0. The van der Waals surface area contributed by atoms with Gasteiger partial charge in [0.15, 0.2) is 0 Å². The van der Waals surface area contributed by atoms with Gasteiger partial charge in [-0.25, -0.2) is 4.39 Å². The molecule has 1 aliphatic rings. The van der Waals surface area contributed by atoms with Crippen LogP contribution in [0.4, 0.5) is 4.39 Å². The summed E-state index contributed by atoms with van der Waals surface area (Å²) in [6, 6.07) is 7.21. The lowest BCUT2D eigenvalue weighted by Gasteiger charge is -2.32. The molecule has 1 aromatic rings. The quantitative estimate of drug-likeness (QED) is 0.855. The number of nitrogens with two attached hydrogens (primary N) is 1. The van der Waals surface area contributed by atoms with Crippen molar-refractivity contribution in [1.29, 1.82) is 0 Å². The van der Waals surface area contributed by atoms with Gasteiger partial charge in [0.25, 0.3) is 0 Å². The van der Waals surface area contributed by atoms with Crippen molar-refractivity contribution in [3.8, 4) is 0 Å². The van der Waals surface area contributed by atoms with Gasteiger partial charge < -0.3 is 5.73 Å². The van der Waals surface area contributed by atoms with Crippen LogP contribution in [-0.4, -0.2) is 25.0 Å². The van der Waals surface area contributed by atoms with E-state index in [1.807, 2.05) is 12.1 Å². The van der Waals surface area contributed by atoms with E-state index in [-0.39, 0.29) is 5.82 Å². The zero-order chi connectivity index (χ0) is 12.3. The van der Waals surface area contributed by atoms with E-state index in [0.717, 1.165) is 6.54 Å². The predicted octanol–water partition coefficient (Wildman–Crippen LogP) is 2.56. The fraction of sp³-hybridized carbons (Fsp3) is 0.571. The molecule has 0 amide bonds. The van der Waals surface area contributed by atoms with Gasteiger partial charge in [0, 0.05) is 6.04 Å². The Kier molecular flexibility index (Phi) is 4.13. The van der Waals surface area contributed by atoms with E-state index in [1.165, 1.54) is 24.8 Å². The van der Waals surface area contributed by atoms with Crippen molar-refractivity contribution in [3.05, 3.63) is 35.6 Å². The second-order valence-electron chi connectivity index (χ2n) is 4.97. The highest BCUT2D eigenvalue weighted by Crippen LogP contribution is 2.33. The van der Waals surface area contributed by atoms with Gasteiger partial charge in [-0.2, -0.15) is 0 Å². The number of halogens is 1. The Balaban J connectivity index is 2.26. The number of hydrogen-bond acceptors (Lipinski definition) is 2. The molecular weight excluding hydrogens is 215 g/mol. The standard InChI is InChI=1S/C14H21FN2/c1-17-9-3-2-4-12(10-16)14(17)11-5-7-13(15)8-6-11/h5-8,12,14H,2-4,9-10,16H2,1H3. The van der Waals surface area contributed by atoms with Crippen LogP contribution >= 0.6 is 0 Å². The van der Waals surface area contributed by atoms with E-state index in [1.54, 1.807) is 12.1 Å². The molecule has 0 aromatic heterocycles. The Morgan fingerprint density at radius 3 is 2.65 bits per heavy atom. The number of nitrogens with zero attached hydrogens (tertiary/aromatic N) is 1. The van der Waals surface area contributed by atoms with E-state index in [2.05, 4.69) is 11.9 Å². The molecule has 2 unspecified atom stereocenters. The normalized spacial score (nSPS) is 26.8. The molecule has 2 N–H and O–H groups in total. The maximum Gasteiger partial charge on any atom is 0.123 e. The van der Waals surface area contributed by atoms with Crippen LogP contribution in [-0.2, 0) is 0 Å². The smallest absolute Gasteiger partial charge is 0.123 e. The van der Waals surface area contributed by atoms with Gasteiger partial charge in [-0.05, 0) is 56.6 Å². The van der Waals surface area contributed by atoms with Crippen molar-refractivity contribution in [1.82, 2.24) is 4.90 Å². The van der Waals surface area contributed by atoms with Crippen LogP contribution in [0, 0.1) is 11.7 Å². The van der Waals surface area contributed by atoms with Crippen molar-refractivity contribution in [2.45, 2.75) is 25.3 Å². The Hall–Kier alpha value is -0.930. The molecule has 1 aromatic carbocycles.